The van der Waals surface area contributed by atoms with Crippen LogP contribution in [0.15, 0.2) is 47.7 Å². The number of hydrogen-bond acceptors (Lipinski definition) is 6. The first kappa shape index (κ1) is 23.1. The first-order valence-electron chi connectivity index (χ1n) is 10.5. The minimum Gasteiger partial charge on any atom is -0.365 e. The van der Waals surface area contributed by atoms with E-state index in [1.54, 1.807) is 17.3 Å². The Morgan fingerprint density at radius 3 is 2.44 bits per heavy atom. The molecule has 2 amide bonds. The van der Waals surface area contributed by atoms with Crippen LogP contribution in [0.1, 0.15) is 35.3 Å². The van der Waals surface area contributed by atoms with Crippen LogP contribution in [0.3, 0.4) is 0 Å². The van der Waals surface area contributed by atoms with E-state index in [-0.39, 0.29) is 18.0 Å². The zero-order valence-corrected chi connectivity index (χ0v) is 18.6. The quantitative estimate of drug-likeness (QED) is 0.542. The molecular weight excluding hydrogens is 408 g/mol. The van der Waals surface area contributed by atoms with E-state index in [1.165, 1.54) is 10.6 Å². The molecule has 0 saturated heterocycles. The van der Waals surface area contributed by atoms with E-state index >= 15 is 0 Å². The second-order valence-electron chi connectivity index (χ2n) is 7.67. The summed E-state index contributed by atoms with van der Waals surface area (Å²) in [6.45, 7) is 5.89. The third-order valence-electron chi connectivity index (χ3n) is 5.29. The van der Waals surface area contributed by atoms with Gasteiger partial charge in [0, 0.05) is 50.2 Å². The van der Waals surface area contributed by atoms with Crippen molar-refractivity contribution < 1.29 is 9.59 Å². The van der Waals surface area contributed by atoms with Gasteiger partial charge in [0.05, 0.1) is 0 Å². The lowest BCUT2D eigenvalue weighted by molar-refractivity contribution is -0.131. The first-order chi connectivity index (χ1) is 15.3. The molecule has 0 aliphatic heterocycles. The molecular formula is C23H28N6O3. The number of amides is 2. The molecule has 3 heterocycles. The standard InChI is InChI=1S/C23H28N6O3/c1-4-28(5-2)20(30)15-29-22-18(10-19(21(24)31)23(29)32)9-17(12-26-22)14-27(3)13-16-7-6-8-25-11-16/h6-12H,4-5,13-15H2,1-3H3,(H2,24,31). The van der Waals surface area contributed by atoms with Crippen molar-refractivity contribution in [2.45, 2.75) is 33.5 Å². The van der Waals surface area contributed by atoms with Gasteiger partial charge in [0.25, 0.3) is 11.5 Å². The Morgan fingerprint density at radius 1 is 1.09 bits per heavy atom. The summed E-state index contributed by atoms with van der Waals surface area (Å²) in [6.07, 6.45) is 5.24. The molecule has 0 aromatic carbocycles. The average molecular weight is 437 g/mol. The number of aromatic nitrogens is 3. The summed E-state index contributed by atoms with van der Waals surface area (Å²) in [4.78, 5) is 49.7. The van der Waals surface area contributed by atoms with Gasteiger partial charge in [-0.2, -0.15) is 0 Å². The van der Waals surface area contributed by atoms with Crippen molar-refractivity contribution in [2.75, 3.05) is 20.1 Å². The zero-order valence-electron chi connectivity index (χ0n) is 18.6. The summed E-state index contributed by atoms with van der Waals surface area (Å²) >= 11 is 0. The van der Waals surface area contributed by atoms with E-state index < -0.39 is 11.5 Å². The molecule has 0 fully saturated rings. The maximum Gasteiger partial charge on any atom is 0.265 e. The van der Waals surface area contributed by atoms with Crippen LogP contribution in [0.25, 0.3) is 11.0 Å². The van der Waals surface area contributed by atoms with E-state index in [1.807, 2.05) is 45.3 Å². The van der Waals surface area contributed by atoms with Crippen molar-refractivity contribution in [3.63, 3.8) is 0 Å². The van der Waals surface area contributed by atoms with Gasteiger partial charge in [0.15, 0.2) is 0 Å². The van der Waals surface area contributed by atoms with E-state index in [9.17, 15) is 14.4 Å². The summed E-state index contributed by atoms with van der Waals surface area (Å²) in [5, 5.41) is 0.582. The Balaban J connectivity index is 1.95. The first-order valence-corrected chi connectivity index (χ1v) is 10.5. The van der Waals surface area contributed by atoms with Crippen LogP contribution >= 0.6 is 0 Å². The van der Waals surface area contributed by atoms with Crippen LogP contribution in [0.5, 0.6) is 0 Å². The van der Waals surface area contributed by atoms with Gasteiger partial charge in [0.1, 0.15) is 17.8 Å². The van der Waals surface area contributed by atoms with Crippen molar-refractivity contribution in [2.24, 2.45) is 5.73 Å². The summed E-state index contributed by atoms with van der Waals surface area (Å²) in [5.41, 5.74) is 7.00. The Labute approximate surface area is 186 Å². The number of likely N-dealkylation sites (N-methyl/N-ethyl adjacent to an activating group) is 1. The molecule has 3 rings (SSSR count). The second-order valence-corrected chi connectivity index (χ2v) is 7.67. The summed E-state index contributed by atoms with van der Waals surface area (Å²) in [6, 6.07) is 7.22. The number of primary amides is 1. The van der Waals surface area contributed by atoms with E-state index in [0.717, 1.165) is 11.1 Å². The Morgan fingerprint density at radius 2 is 1.81 bits per heavy atom. The molecule has 0 aliphatic rings. The summed E-state index contributed by atoms with van der Waals surface area (Å²) in [5.74, 6) is -1.05. The summed E-state index contributed by atoms with van der Waals surface area (Å²) < 4.78 is 1.24. The van der Waals surface area contributed by atoms with Crippen molar-refractivity contribution >= 4 is 22.8 Å². The van der Waals surface area contributed by atoms with Gasteiger partial charge in [-0.3, -0.25) is 28.8 Å². The predicted octanol–water partition coefficient (Wildman–Crippen LogP) is 1.39. The van der Waals surface area contributed by atoms with Crippen LogP contribution in [0.4, 0.5) is 0 Å². The number of carbonyl (C=O) groups excluding carboxylic acids is 2. The van der Waals surface area contributed by atoms with Gasteiger partial charge in [-0.25, -0.2) is 4.98 Å². The van der Waals surface area contributed by atoms with Crippen molar-refractivity contribution in [3.05, 3.63) is 69.9 Å². The largest absolute Gasteiger partial charge is 0.365 e. The van der Waals surface area contributed by atoms with Gasteiger partial charge < -0.3 is 10.6 Å². The minimum atomic E-state index is -0.833. The molecule has 0 atom stereocenters. The van der Waals surface area contributed by atoms with Gasteiger partial charge in [-0.1, -0.05) is 6.07 Å². The lowest BCUT2D eigenvalue weighted by Crippen LogP contribution is -2.38. The highest BCUT2D eigenvalue weighted by atomic mass is 16.2. The normalized spacial score (nSPS) is 11.1. The van der Waals surface area contributed by atoms with Gasteiger partial charge >= 0.3 is 0 Å². The second kappa shape index (κ2) is 10.1. The molecule has 0 radical (unpaired) electrons. The van der Waals surface area contributed by atoms with Gasteiger partial charge in [-0.05, 0) is 50.2 Å². The average Bonchev–Trinajstić information content (AvgIpc) is 2.76. The lowest BCUT2D eigenvalue weighted by Gasteiger charge is -2.20. The van der Waals surface area contributed by atoms with Crippen LogP contribution in [-0.2, 0) is 24.4 Å². The number of pyridine rings is 3. The number of carbonyl (C=O) groups is 2. The van der Waals surface area contributed by atoms with Crippen LogP contribution < -0.4 is 11.3 Å². The fourth-order valence-corrected chi connectivity index (χ4v) is 3.70. The van der Waals surface area contributed by atoms with E-state index in [0.29, 0.717) is 37.2 Å². The van der Waals surface area contributed by atoms with Crippen molar-refractivity contribution in [3.8, 4) is 0 Å². The summed E-state index contributed by atoms with van der Waals surface area (Å²) in [7, 11) is 1.98. The molecule has 9 nitrogen and oxygen atoms in total. The molecule has 0 saturated carbocycles. The molecule has 9 heteroatoms. The number of nitrogens with two attached hydrogens (primary N) is 1. The lowest BCUT2D eigenvalue weighted by atomic mass is 10.1. The maximum atomic E-state index is 12.9. The fraction of sp³-hybridized carbons (Fsp3) is 0.348. The zero-order chi connectivity index (χ0) is 23.3. The third-order valence-corrected chi connectivity index (χ3v) is 5.29. The van der Waals surface area contributed by atoms with Crippen LogP contribution in [0, 0.1) is 0 Å². The predicted molar refractivity (Wildman–Crippen MR) is 122 cm³/mol. The molecule has 0 bridgehead atoms. The molecule has 2 N–H and O–H groups in total. The molecule has 0 aliphatic carbocycles. The smallest absolute Gasteiger partial charge is 0.265 e. The van der Waals surface area contributed by atoms with E-state index in [2.05, 4.69) is 14.9 Å². The molecule has 0 unspecified atom stereocenters. The highest BCUT2D eigenvalue weighted by molar-refractivity contribution is 5.96. The Bertz CT molecular complexity index is 1170. The third kappa shape index (κ3) is 5.17. The molecule has 168 valence electrons. The van der Waals surface area contributed by atoms with Crippen molar-refractivity contribution in [1.29, 1.82) is 0 Å². The topological polar surface area (TPSA) is 114 Å². The number of rotatable bonds is 9. The van der Waals surface area contributed by atoms with Gasteiger partial charge in [0.2, 0.25) is 5.91 Å². The highest BCUT2D eigenvalue weighted by Gasteiger charge is 2.19. The number of nitrogens with zero attached hydrogens (tertiary/aromatic N) is 5. The molecule has 3 aromatic rings. The van der Waals surface area contributed by atoms with Crippen LogP contribution in [0.2, 0.25) is 0 Å². The SMILES string of the molecule is CCN(CC)C(=O)Cn1c(=O)c(C(N)=O)cc2cc(CN(C)Cc3cccnc3)cnc21. The van der Waals surface area contributed by atoms with Gasteiger partial charge in [-0.15, -0.1) is 0 Å². The van der Waals surface area contributed by atoms with Crippen molar-refractivity contribution in [1.82, 2.24) is 24.3 Å². The Hall–Kier alpha value is -3.59. The highest BCUT2D eigenvalue weighted by Crippen LogP contribution is 2.16. The van der Waals surface area contributed by atoms with Crippen LogP contribution in [-0.4, -0.2) is 56.3 Å². The van der Waals surface area contributed by atoms with E-state index in [4.69, 9.17) is 5.73 Å². The molecule has 32 heavy (non-hydrogen) atoms. The molecule has 0 spiro atoms. The number of fused-ring (bicyclic) bond motifs is 1. The fourth-order valence-electron chi connectivity index (χ4n) is 3.70. The monoisotopic (exact) mass is 436 g/mol. The Kier molecular flexibility index (Phi) is 7.32. The molecule has 3 aromatic heterocycles. The maximum absolute atomic E-state index is 12.9. The number of hydrogen-bond donors (Lipinski definition) is 1. The minimum absolute atomic E-state index is 0.160.